The summed E-state index contributed by atoms with van der Waals surface area (Å²) in [6, 6.07) is 7.49. The highest BCUT2D eigenvalue weighted by Gasteiger charge is 2.51. The number of carbonyl (C=O) groups excluding carboxylic acids is 2. The van der Waals surface area contributed by atoms with E-state index in [0.717, 1.165) is 18.8 Å². The number of nitrogens with zero attached hydrogens (tertiary/aromatic N) is 2. The number of benzene rings is 2. The van der Waals surface area contributed by atoms with Gasteiger partial charge in [0.1, 0.15) is 0 Å². The molecule has 2 aromatic rings. The van der Waals surface area contributed by atoms with Crippen molar-refractivity contribution in [2.75, 3.05) is 31.1 Å². The largest absolute Gasteiger partial charge is 0.525 e. The number of amides is 2. The van der Waals surface area contributed by atoms with Crippen molar-refractivity contribution < 1.29 is 35.5 Å². The minimum atomic E-state index is -6.19. The van der Waals surface area contributed by atoms with Crippen LogP contribution in [0.15, 0.2) is 30.3 Å². The fraction of sp³-hybridized carbons (Fsp3) is 0.294. The molecule has 0 aromatic heterocycles. The van der Waals surface area contributed by atoms with Gasteiger partial charge in [0.15, 0.2) is 0 Å². The van der Waals surface area contributed by atoms with Crippen molar-refractivity contribution in [2.24, 2.45) is 0 Å². The maximum Gasteiger partial charge on any atom is 0.525 e. The zero-order chi connectivity index (χ0) is 21.0. The van der Waals surface area contributed by atoms with Crippen molar-refractivity contribution in [1.82, 2.24) is 10.4 Å². The summed E-state index contributed by atoms with van der Waals surface area (Å²) in [5, 5.41) is 3.68. The van der Waals surface area contributed by atoms with Crippen LogP contribution in [-0.2, 0) is 14.4 Å². The van der Waals surface area contributed by atoms with E-state index in [2.05, 4.69) is 14.5 Å². The highest BCUT2D eigenvalue weighted by Crippen LogP contribution is 2.37. The minimum Gasteiger partial charge on any atom is -0.368 e. The fourth-order valence-electron chi connectivity index (χ4n) is 3.45. The molecule has 0 bridgehead atoms. The monoisotopic (exact) mass is 429 g/mol. The molecule has 2 aromatic carbocycles. The molecule has 0 aliphatic carbocycles. The van der Waals surface area contributed by atoms with Gasteiger partial charge in [-0.25, -0.2) is 0 Å². The average Bonchev–Trinajstić information content (AvgIpc) is 2.68. The van der Waals surface area contributed by atoms with Crippen molar-refractivity contribution >= 4 is 38.4 Å². The maximum absolute atomic E-state index is 12.7. The van der Waals surface area contributed by atoms with E-state index < -0.39 is 27.4 Å². The standard InChI is InChI=1S/C17H14F3N3O5S/c18-17(19,20)29(26,27)28-23-15(24)11-3-1-2-10-13(22-8-6-21-7-9-22)5-4-12(14(10)11)16(23)25/h1-5,21H,6-9H2. The molecular weight excluding hydrogens is 415 g/mol. The molecule has 0 saturated carbocycles. The van der Waals surface area contributed by atoms with Crippen molar-refractivity contribution in [2.45, 2.75) is 5.51 Å². The van der Waals surface area contributed by atoms with Gasteiger partial charge < -0.3 is 10.2 Å². The predicted molar refractivity (Wildman–Crippen MR) is 95.6 cm³/mol. The third kappa shape index (κ3) is 3.12. The van der Waals surface area contributed by atoms with E-state index in [1.54, 1.807) is 12.1 Å². The van der Waals surface area contributed by atoms with Gasteiger partial charge >= 0.3 is 15.6 Å². The second-order valence-corrected chi connectivity index (χ2v) is 8.00. The van der Waals surface area contributed by atoms with Crippen LogP contribution in [0.1, 0.15) is 20.7 Å². The first-order valence-corrected chi connectivity index (χ1v) is 9.94. The van der Waals surface area contributed by atoms with Gasteiger partial charge in [0.2, 0.25) is 0 Å². The number of hydrogen-bond donors (Lipinski definition) is 1. The molecule has 154 valence electrons. The lowest BCUT2D eigenvalue weighted by molar-refractivity contribution is -0.0761. The van der Waals surface area contributed by atoms with Gasteiger partial charge in [-0.15, -0.1) is 9.35 Å². The van der Waals surface area contributed by atoms with Gasteiger partial charge in [0, 0.05) is 42.6 Å². The summed E-state index contributed by atoms with van der Waals surface area (Å²) < 4.78 is 64.5. The highest BCUT2D eigenvalue weighted by atomic mass is 32.2. The molecular formula is C17H14F3N3O5S. The second-order valence-electron chi connectivity index (χ2n) is 6.48. The molecule has 0 spiro atoms. The molecule has 12 heteroatoms. The van der Waals surface area contributed by atoms with Crippen LogP contribution in [0.25, 0.3) is 10.8 Å². The summed E-state index contributed by atoms with van der Waals surface area (Å²) in [5.74, 6) is -2.56. The topological polar surface area (TPSA) is 96.0 Å². The summed E-state index contributed by atoms with van der Waals surface area (Å²) in [4.78, 5) is 27.3. The number of anilines is 1. The van der Waals surface area contributed by atoms with Crippen molar-refractivity contribution in [3.8, 4) is 0 Å². The fourth-order valence-corrected chi connectivity index (χ4v) is 3.86. The first kappa shape index (κ1) is 19.6. The quantitative estimate of drug-likeness (QED) is 0.585. The van der Waals surface area contributed by atoms with Gasteiger partial charge in [-0.3, -0.25) is 9.59 Å². The van der Waals surface area contributed by atoms with Crippen LogP contribution < -0.4 is 10.2 Å². The predicted octanol–water partition coefficient (Wildman–Crippen LogP) is 1.63. The Morgan fingerprint density at radius 1 is 0.966 bits per heavy atom. The Bertz CT molecular complexity index is 1100. The normalized spacial score (nSPS) is 17.9. The number of nitrogens with one attached hydrogen (secondary N) is 1. The second kappa shape index (κ2) is 6.68. The Balaban J connectivity index is 1.82. The van der Waals surface area contributed by atoms with E-state index in [1.165, 1.54) is 18.2 Å². The first-order valence-electron chi connectivity index (χ1n) is 8.53. The number of carbonyl (C=O) groups is 2. The lowest BCUT2D eigenvalue weighted by Crippen LogP contribution is -2.45. The van der Waals surface area contributed by atoms with Gasteiger partial charge in [-0.05, 0) is 18.2 Å². The van der Waals surface area contributed by atoms with Crippen LogP contribution in [-0.4, -0.2) is 57.0 Å². The van der Waals surface area contributed by atoms with Crippen LogP contribution >= 0.6 is 0 Å². The molecule has 2 heterocycles. The molecule has 0 radical (unpaired) electrons. The Kier molecular flexibility index (Phi) is 4.52. The van der Waals surface area contributed by atoms with Crippen LogP contribution in [0.5, 0.6) is 0 Å². The molecule has 29 heavy (non-hydrogen) atoms. The van der Waals surface area contributed by atoms with Crippen LogP contribution in [0.2, 0.25) is 0 Å². The molecule has 0 atom stereocenters. The molecule has 2 amide bonds. The summed E-state index contributed by atoms with van der Waals surface area (Å²) in [7, 11) is -6.19. The molecule has 2 aliphatic heterocycles. The Morgan fingerprint density at radius 2 is 1.59 bits per heavy atom. The number of imide groups is 1. The third-order valence-electron chi connectivity index (χ3n) is 4.76. The summed E-state index contributed by atoms with van der Waals surface area (Å²) in [6.07, 6.45) is 0. The number of hydroxylamine groups is 2. The van der Waals surface area contributed by atoms with Crippen LogP contribution in [0, 0.1) is 0 Å². The third-order valence-corrected chi connectivity index (χ3v) is 5.67. The molecule has 1 fully saturated rings. The zero-order valence-electron chi connectivity index (χ0n) is 14.7. The van der Waals surface area contributed by atoms with Crippen molar-refractivity contribution in [3.05, 3.63) is 41.5 Å². The van der Waals surface area contributed by atoms with Gasteiger partial charge in [-0.2, -0.15) is 21.6 Å². The minimum absolute atomic E-state index is 0.119. The number of piperazine rings is 1. The number of hydrogen-bond acceptors (Lipinski definition) is 7. The van der Waals surface area contributed by atoms with E-state index in [-0.39, 0.29) is 21.6 Å². The lowest BCUT2D eigenvalue weighted by Gasteiger charge is -2.32. The molecule has 2 aliphatic rings. The van der Waals surface area contributed by atoms with Gasteiger partial charge in [0.25, 0.3) is 11.8 Å². The number of alkyl halides is 3. The molecule has 8 nitrogen and oxygen atoms in total. The Hall–Kier alpha value is -2.70. The number of halogens is 3. The van der Waals surface area contributed by atoms with E-state index >= 15 is 0 Å². The highest BCUT2D eigenvalue weighted by molar-refractivity contribution is 7.87. The summed E-state index contributed by atoms with van der Waals surface area (Å²) >= 11 is 0. The van der Waals surface area contributed by atoms with Crippen molar-refractivity contribution in [1.29, 1.82) is 0 Å². The van der Waals surface area contributed by atoms with E-state index in [1.807, 2.05) is 0 Å². The Labute approximate surface area is 162 Å². The SMILES string of the molecule is O=C1c2cccc3c(N4CCNCC4)ccc(c23)C(=O)N1OS(=O)(=O)C(F)(F)F. The smallest absolute Gasteiger partial charge is 0.368 e. The summed E-state index contributed by atoms with van der Waals surface area (Å²) in [5.41, 5.74) is -5.26. The average molecular weight is 429 g/mol. The van der Waals surface area contributed by atoms with E-state index in [0.29, 0.717) is 18.5 Å². The molecule has 1 N–H and O–H groups in total. The Morgan fingerprint density at radius 3 is 2.21 bits per heavy atom. The summed E-state index contributed by atoms with van der Waals surface area (Å²) in [6.45, 7) is 2.88. The van der Waals surface area contributed by atoms with Gasteiger partial charge in [-0.1, -0.05) is 12.1 Å². The number of rotatable bonds is 3. The van der Waals surface area contributed by atoms with E-state index in [9.17, 15) is 31.2 Å². The molecule has 0 unspecified atom stereocenters. The van der Waals surface area contributed by atoms with Crippen LogP contribution in [0.3, 0.4) is 0 Å². The maximum atomic E-state index is 12.7. The molecule has 1 saturated heterocycles. The van der Waals surface area contributed by atoms with E-state index in [4.69, 9.17) is 0 Å². The van der Waals surface area contributed by atoms with Crippen molar-refractivity contribution in [3.63, 3.8) is 0 Å². The first-order chi connectivity index (χ1) is 13.6. The zero-order valence-corrected chi connectivity index (χ0v) is 15.5. The molecule has 4 rings (SSSR count). The van der Waals surface area contributed by atoms with Gasteiger partial charge in [0.05, 0.1) is 11.1 Å². The lowest BCUT2D eigenvalue weighted by atomic mass is 9.93. The van der Waals surface area contributed by atoms with Crippen LogP contribution in [0.4, 0.5) is 18.9 Å².